The summed E-state index contributed by atoms with van der Waals surface area (Å²) in [7, 11) is 0. The van der Waals surface area contributed by atoms with Gasteiger partial charge in [0.05, 0.1) is 21.5 Å². The van der Waals surface area contributed by atoms with Crippen LogP contribution in [0.2, 0.25) is 0 Å². The van der Waals surface area contributed by atoms with E-state index in [0.29, 0.717) is 6.54 Å². The van der Waals surface area contributed by atoms with E-state index in [9.17, 15) is 0 Å². The van der Waals surface area contributed by atoms with Crippen LogP contribution in [0.5, 0.6) is 0 Å². The van der Waals surface area contributed by atoms with E-state index in [4.69, 9.17) is 5.73 Å². The van der Waals surface area contributed by atoms with Crippen LogP contribution in [0.1, 0.15) is 17.0 Å². The fraction of sp³-hybridized carbons (Fsp3) is 0.308. The molecule has 0 bridgehead atoms. The lowest BCUT2D eigenvalue weighted by Gasteiger charge is -2.11. The van der Waals surface area contributed by atoms with E-state index in [0.717, 1.165) is 32.4 Å². The number of nitrogens with zero attached hydrogens (tertiary/aromatic N) is 2. The molecule has 0 spiro atoms. The third-order valence-corrected chi connectivity index (χ3v) is 4.53. The third-order valence-electron chi connectivity index (χ3n) is 2.89. The predicted molar refractivity (Wildman–Crippen MR) is 81.2 cm³/mol. The van der Waals surface area contributed by atoms with Crippen LogP contribution in [-0.2, 0) is 6.42 Å². The molecular weight excluding hydrogens is 358 g/mol. The highest BCUT2D eigenvalue weighted by atomic mass is 79.9. The summed E-state index contributed by atoms with van der Waals surface area (Å²) in [5.74, 6) is 0. The zero-order valence-electron chi connectivity index (χ0n) is 10.4. The SMILES string of the molecule is Cc1nn(-c2ccc(Br)cc2CCN)c(C)c1Br. The van der Waals surface area contributed by atoms with Crippen LogP contribution in [0.4, 0.5) is 0 Å². The normalized spacial score (nSPS) is 10.9. The molecule has 3 nitrogen and oxygen atoms in total. The second-order valence-electron chi connectivity index (χ2n) is 4.21. The van der Waals surface area contributed by atoms with Gasteiger partial charge in [0.2, 0.25) is 0 Å². The number of halogens is 2. The summed E-state index contributed by atoms with van der Waals surface area (Å²) in [4.78, 5) is 0. The molecule has 1 aromatic carbocycles. The molecular formula is C13H15Br2N3. The number of nitrogens with two attached hydrogens (primary N) is 1. The van der Waals surface area contributed by atoms with Crippen LogP contribution >= 0.6 is 31.9 Å². The average Bonchev–Trinajstić information content (AvgIpc) is 2.58. The number of aryl methyl sites for hydroxylation is 1. The third kappa shape index (κ3) is 2.53. The number of benzene rings is 1. The van der Waals surface area contributed by atoms with Crippen molar-refractivity contribution in [1.29, 1.82) is 0 Å². The van der Waals surface area contributed by atoms with E-state index in [1.54, 1.807) is 0 Å². The second-order valence-corrected chi connectivity index (χ2v) is 5.92. The average molecular weight is 373 g/mol. The summed E-state index contributed by atoms with van der Waals surface area (Å²) < 4.78 is 4.09. The Kier molecular flexibility index (Phi) is 4.25. The number of rotatable bonds is 3. The van der Waals surface area contributed by atoms with Gasteiger partial charge in [-0.3, -0.25) is 0 Å². The van der Waals surface area contributed by atoms with Gasteiger partial charge in [-0.1, -0.05) is 15.9 Å². The Bertz CT molecular complexity index is 576. The first-order valence-corrected chi connectivity index (χ1v) is 7.33. The van der Waals surface area contributed by atoms with Crippen molar-refractivity contribution in [3.05, 3.63) is 44.1 Å². The molecule has 0 radical (unpaired) electrons. The molecule has 96 valence electrons. The zero-order valence-corrected chi connectivity index (χ0v) is 13.5. The summed E-state index contributed by atoms with van der Waals surface area (Å²) in [6.45, 7) is 4.68. The molecule has 0 aliphatic carbocycles. The minimum absolute atomic E-state index is 0.629. The Morgan fingerprint density at radius 2 is 2.00 bits per heavy atom. The van der Waals surface area contributed by atoms with E-state index >= 15 is 0 Å². The molecule has 0 fully saturated rings. The van der Waals surface area contributed by atoms with Gasteiger partial charge in [0, 0.05) is 4.47 Å². The highest BCUT2D eigenvalue weighted by Crippen LogP contribution is 2.26. The van der Waals surface area contributed by atoms with Crippen LogP contribution in [0.15, 0.2) is 27.1 Å². The van der Waals surface area contributed by atoms with Gasteiger partial charge in [-0.15, -0.1) is 0 Å². The molecule has 1 aromatic heterocycles. The molecule has 18 heavy (non-hydrogen) atoms. The first-order chi connectivity index (χ1) is 8.54. The smallest absolute Gasteiger partial charge is 0.0743 e. The van der Waals surface area contributed by atoms with E-state index < -0.39 is 0 Å². The molecule has 0 saturated heterocycles. The van der Waals surface area contributed by atoms with Crippen molar-refractivity contribution >= 4 is 31.9 Å². The van der Waals surface area contributed by atoms with Crippen LogP contribution < -0.4 is 5.73 Å². The number of hydrogen-bond acceptors (Lipinski definition) is 2. The number of aromatic nitrogens is 2. The standard InChI is InChI=1S/C13H15Br2N3/c1-8-13(15)9(2)18(17-8)12-4-3-11(14)7-10(12)5-6-16/h3-4,7H,5-6,16H2,1-2H3. The van der Waals surface area contributed by atoms with Crippen molar-refractivity contribution in [1.82, 2.24) is 9.78 Å². The molecule has 0 aliphatic heterocycles. The molecule has 0 amide bonds. The zero-order chi connectivity index (χ0) is 13.3. The van der Waals surface area contributed by atoms with E-state index in [2.05, 4.69) is 56.0 Å². The maximum atomic E-state index is 5.68. The molecule has 2 N–H and O–H groups in total. The van der Waals surface area contributed by atoms with E-state index in [1.165, 1.54) is 5.56 Å². The quantitative estimate of drug-likeness (QED) is 0.895. The van der Waals surface area contributed by atoms with Gasteiger partial charge < -0.3 is 5.73 Å². The van der Waals surface area contributed by atoms with Gasteiger partial charge in [0.25, 0.3) is 0 Å². The van der Waals surface area contributed by atoms with Crippen molar-refractivity contribution in [3.63, 3.8) is 0 Å². The van der Waals surface area contributed by atoms with Crippen molar-refractivity contribution in [2.45, 2.75) is 20.3 Å². The molecule has 2 aromatic rings. The Balaban J connectivity index is 2.59. The van der Waals surface area contributed by atoms with Crippen molar-refractivity contribution < 1.29 is 0 Å². The van der Waals surface area contributed by atoms with Crippen molar-refractivity contribution in [3.8, 4) is 5.69 Å². The fourth-order valence-corrected chi connectivity index (χ4v) is 2.63. The fourth-order valence-electron chi connectivity index (χ4n) is 1.97. The Hall–Kier alpha value is -0.650. The van der Waals surface area contributed by atoms with Crippen molar-refractivity contribution in [2.75, 3.05) is 6.54 Å². The monoisotopic (exact) mass is 371 g/mol. The molecule has 0 atom stereocenters. The lowest BCUT2D eigenvalue weighted by molar-refractivity contribution is 0.813. The molecule has 1 heterocycles. The molecule has 0 saturated carbocycles. The van der Waals surface area contributed by atoms with Gasteiger partial charge in [-0.05, 0) is 66.5 Å². The summed E-state index contributed by atoms with van der Waals surface area (Å²) >= 11 is 7.06. The number of hydrogen-bond donors (Lipinski definition) is 1. The summed E-state index contributed by atoms with van der Waals surface area (Å²) in [6.07, 6.45) is 0.838. The first kappa shape index (κ1) is 13.8. The summed E-state index contributed by atoms with van der Waals surface area (Å²) in [5.41, 5.74) is 10.1. The Morgan fingerprint density at radius 3 is 2.56 bits per heavy atom. The lowest BCUT2D eigenvalue weighted by atomic mass is 10.1. The van der Waals surface area contributed by atoms with E-state index in [-0.39, 0.29) is 0 Å². The van der Waals surface area contributed by atoms with Gasteiger partial charge in [-0.25, -0.2) is 4.68 Å². The minimum atomic E-state index is 0.629. The topological polar surface area (TPSA) is 43.8 Å². The highest BCUT2D eigenvalue weighted by Gasteiger charge is 2.13. The summed E-state index contributed by atoms with van der Waals surface area (Å²) in [6, 6.07) is 6.20. The van der Waals surface area contributed by atoms with Crippen molar-refractivity contribution in [2.24, 2.45) is 5.73 Å². The Labute approximate surface area is 124 Å². The first-order valence-electron chi connectivity index (χ1n) is 5.75. The largest absolute Gasteiger partial charge is 0.330 e. The molecule has 2 rings (SSSR count). The molecule has 0 aliphatic rings. The van der Waals surface area contributed by atoms with Gasteiger partial charge in [-0.2, -0.15) is 5.10 Å². The van der Waals surface area contributed by atoms with Gasteiger partial charge in [0.1, 0.15) is 0 Å². The van der Waals surface area contributed by atoms with Crippen LogP contribution in [0, 0.1) is 13.8 Å². The molecule has 0 unspecified atom stereocenters. The van der Waals surface area contributed by atoms with Gasteiger partial charge in [0.15, 0.2) is 0 Å². The highest BCUT2D eigenvalue weighted by molar-refractivity contribution is 9.10. The van der Waals surface area contributed by atoms with Gasteiger partial charge >= 0.3 is 0 Å². The van der Waals surface area contributed by atoms with Crippen LogP contribution in [0.25, 0.3) is 5.69 Å². The van der Waals surface area contributed by atoms with Crippen LogP contribution in [-0.4, -0.2) is 16.3 Å². The molecule has 5 heteroatoms. The lowest BCUT2D eigenvalue weighted by Crippen LogP contribution is -2.08. The Morgan fingerprint density at radius 1 is 1.28 bits per heavy atom. The van der Waals surface area contributed by atoms with Crippen LogP contribution in [0.3, 0.4) is 0 Å². The summed E-state index contributed by atoms with van der Waals surface area (Å²) in [5, 5.41) is 4.57. The predicted octanol–water partition coefficient (Wildman–Crippen LogP) is 3.52. The maximum Gasteiger partial charge on any atom is 0.0743 e. The maximum absolute atomic E-state index is 5.68. The second kappa shape index (κ2) is 5.55. The minimum Gasteiger partial charge on any atom is -0.330 e. The van der Waals surface area contributed by atoms with E-state index in [1.807, 2.05) is 17.7 Å².